The summed E-state index contributed by atoms with van der Waals surface area (Å²) in [6, 6.07) is 26.2. The highest BCUT2D eigenvalue weighted by atomic mass is 79.9. The van der Waals surface area contributed by atoms with Gasteiger partial charge in [0.05, 0.1) is 19.1 Å². The maximum absolute atomic E-state index is 13.0. The summed E-state index contributed by atoms with van der Waals surface area (Å²) in [7, 11) is 1.64. The van der Waals surface area contributed by atoms with Gasteiger partial charge in [-0.2, -0.15) is 0 Å². The molecule has 1 amide bonds. The first kappa shape index (κ1) is 19.1. The van der Waals surface area contributed by atoms with Crippen LogP contribution in [0.5, 0.6) is 5.75 Å². The largest absolute Gasteiger partial charge is 0.497 e. The first-order valence-electron chi connectivity index (χ1n) is 9.08. The number of amides is 1. The van der Waals surface area contributed by atoms with Gasteiger partial charge in [0.15, 0.2) is 0 Å². The molecule has 1 aliphatic rings. The highest BCUT2D eigenvalue weighted by molar-refractivity contribution is 9.10. The van der Waals surface area contributed by atoms with Gasteiger partial charge in [-0.25, -0.2) is 0 Å². The zero-order valence-corrected chi connectivity index (χ0v) is 17.8. The summed E-state index contributed by atoms with van der Waals surface area (Å²) < 4.78 is 6.31. The number of halogens is 1. The Hall–Kier alpha value is -2.24. The molecule has 0 radical (unpaired) electrons. The minimum atomic E-state index is -0.0434. The van der Waals surface area contributed by atoms with Crippen LogP contribution in [0.1, 0.15) is 11.6 Å². The van der Waals surface area contributed by atoms with Crippen molar-refractivity contribution in [2.45, 2.75) is 10.9 Å². The van der Waals surface area contributed by atoms with Crippen LogP contribution in [0.3, 0.4) is 0 Å². The Bertz CT molecular complexity index is 945. The number of hydrogen-bond acceptors (Lipinski definition) is 3. The Balaban J connectivity index is 1.57. The van der Waals surface area contributed by atoms with Crippen LogP contribution < -0.4 is 9.64 Å². The van der Waals surface area contributed by atoms with Crippen molar-refractivity contribution in [3.8, 4) is 5.75 Å². The summed E-state index contributed by atoms with van der Waals surface area (Å²) in [6.07, 6.45) is 0. The van der Waals surface area contributed by atoms with E-state index in [4.69, 9.17) is 4.74 Å². The number of carbonyl (C=O) groups is 1. The lowest BCUT2D eigenvalue weighted by molar-refractivity contribution is -0.129. The summed E-state index contributed by atoms with van der Waals surface area (Å²) in [5.41, 5.74) is 2.07. The van der Waals surface area contributed by atoms with Gasteiger partial charge < -0.3 is 9.64 Å². The number of rotatable bonds is 6. The van der Waals surface area contributed by atoms with E-state index >= 15 is 0 Å². The first-order chi connectivity index (χ1) is 13.7. The molecule has 1 heterocycles. The smallest absolute Gasteiger partial charge is 0.233 e. The van der Waals surface area contributed by atoms with Crippen molar-refractivity contribution in [1.29, 1.82) is 0 Å². The van der Waals surface area contributed by atoms with E-state index in [0.717, 1.165) is 21.7 Å². The van der Waals surface area contributed by atoms with E-state index < -0.39 is 0 Å². The predicted molar refractivity (Wildman–Crippen MR) is 118 cm³/mol. The molecule has 0 N–H and O–H groups in total. The van der Waals surface area contributed by atoms with Crippen LogP contribution in [-0.4, -0.2) is 18.8 Å². The van der Waals surface area contributed by atoms with Gasteiger partial charge in [0.25, 0.3) is 0 Å². The second-order valence-corrected chi connectivity index (χ2v) is 8.64. The summed E-state index contributed by atoms with van der Waals surface area (Å²) in [5, 5.41) is 0. The molecule has 142 valence electrons. The molecular weight excluding hydrogens is 434 g/mol. The first-order valence-corrected chi connectivity index (χ1v) is 10.9. The molecule has 0 unspecified atom stereocenters. The van der Waals surface area contributed by atoms with Crippen LogP contribution in [-0.2, 0) is 4.79 Å². The van der Waals surface area contributed by atoms with Crippen molar-refractivity contribution >= 4 is 39.3 Å². The molecule has 0 saturated carbocycles. The number of methoxy groups -OCH3 is 1. The minimum absolute atomic E-state index is 0.0434. The molecule has 1 aliphatic heterocycles. The van der Waals surface area contributed by atoms with E-state index in [1.807, 2.05) is 59.5 Å². The van der Waals surface area contributed by atoms with Gasteiger partial charge in [0.1, 0.15) is 5.75 Å². The van der Waals surface area contributed by atoms with Crippen molar-refractivity contribution < 1.29 is 9.53 Å². The molecule has 3 nitrogen and oxygen atoms in total. The number of β-lactam (4-membered cyclic amide) rings is 1. The monoisotopic (exact) mass is 453 g/mol. The number of thioether (sulfide) groups is 1. The zero-order valence-electron chi connectivity index (χ0n) is 15.4. The lowest BCUT2D eigenvalue weighted by atomic mass is 9.83. The Labute approximate surface area is 177 Å². The Kier molecular flexibility index (Phi) is 5.74. The normalized spacial score (nSPS) is 18.6. The van der Waals surface area contributed by atoms with Crippen LogP contribution in [0.2, 0.25) is 0 Å². The quantitative estimate of drug-likeness (QED) is 0.340. The average Bonchev–Trinajstić information content (AvgIpc) is 2.74. The predicted octanol–water partition coefficient (Wildman–Crippen LogP) is 5.95. The third-order valence-corrected chi connectivity index (χ3v) is 6.61. The fraction of sp³-hybridized carbons (Fsp3) is 0.174. The molecule has 4 rings (SSSR count). The van der Waals surface area contributed by atoms with Crippen molar-refractivity contribution in [2.75, 3.05) is 17.8 Å². The van der Waals surface area contributed by atoms with E-state index in [1.54, 1.807) is 18.9 Å². The maximum atomic E-state index is 13.0. The van der Waals surface area contributed by atoms with E-state index in [0.29, 0.717) is 0 Å². The fourth-order valence-corrected chi connectivity index (χ4v) is 4.78. The molecule has 1 saturated heterocycles. The van der Waals surface area contributed by atoms with Crippen LogP contribution >= 0.6 is 27.7 Å². The van der Waals surface area contributed by atoms with E-state index in [1.165, 1.54) is 10.5 Å². The van der Waals surface area contributed by atoms with Gasteiger partial charge in [0.2, 0.25) is 5.91 Å². The lowest BCUT2D eigenvalue weighted by Gasteiger charge is -2.47. The molecule has 0 bridgehead atoms. The Morgan fingerprint density at radius 1 is 0.964 bits per heavy atom. The molecule has 28 heavy (non-hydrogen) atoms. The van der Waals surface area contributed by atoms with Crippen molar-refractivity contribution in [3.63, 3.8) is 0 Å². The molecule has 2 atom stereocenters. The minimum Gasteiger partial charge on any atom is -0.497 e. The van der Waals surface area contributed by atoms with E-state index in [-0.39, 0.29) is 17.9 Å². The molecule has 0 aliphatic carbocycles. The molecule has 1 fully saturated rings. The molecule has 3 aromatic rings. The molecule has 0 spiro atoms. The number of nitrogens with zero attached hydrogens (tertiary/aromatic N) is 1. The Morgan fingerprint density at radius 3 is 2.29 bits per heavy atom. The third kappa shape index (κ3) is 3.82. The van der Waals surface area contributed by atoms with Crippen LogP contribution in [0.25, 0.3) is 0 Å². The number of carbonyl (C=O) groups excluding carboxylic acids is 1. The molecule has 5 heteroatoms. The SMILES string of the molecule is COc1ccc(N2C(=O)[C@H](CSc3ccc(Br)cc3)[C@H]2c2ccccc2)cc1. The second-order valence-electron chi connectivity index (χ2n) is 6.63. The van der Waals surface area contributed by atoms with Gasteiger partial charge in [0, 0.05) is 20.8 Å². The second kappa shape index (κ2) is 8.41. The maximum Gasteiger partial charge on any atom is 0.233 e. The highest BCUT2D eigenvalue weighted by Crippen LogP contribution is 2.45. The van der Waals surface area contributed by atoms with Crippen LogP contribution in [0, 0.1) is 5.92 Å². The average molecular weight is 454 g/mol. The number of ether oxygens (including phenoxy) is 1. The zero-order chi connectivity index (χ0) is 19.5. The third-order valence-electron chi connectivity index (χ3n) is 4.95. The number of hydrogen-bond donors (Lipinski definition) is 0. The van der Waals surface area contributed by atoms with E-state index in [2.05, 4.69) is 40.2 Å². The van der Waals surface area contributed by atoms with Crippen molar-refractivity contribution in [2.24, 2.45) is 5.92 Å². The topological polar surface area (TPSA) is 29.5 Å². The molecular formula is C23H20BrNO2S. The highest BCUT2D eigenvalue weighted by Gasteiger charge is 2.48. The summed E-state index contributed by atoms with van der Waals surface area (Å²) in [6.45, 7) is 0. The van der Waals surface area contributed by atoms with Crippen molar-refractivity contribution in [1.82, 2.24) is 0 Å². The van der Waals surface area contributed by atoms with Gasteiger partial charge in [-0.1, -0.05) is 46.3 Å². The lowest BCUT2D eigenvalue weighted by Crippen LogP contribution is -2.56. The van der Waals surface area contributed by atoms with Crippen LogP contribution in [0.4, 0.5) is 5.69 Å². The van der Waals surface area contributed by atoms with Crippen LogP contribution in [0.15, 0.2) is 88.2 Å². The Morgan fingerprint density at radius 2 is 1.64 bits per heavy atom. The van der Waals surface area contributed by atoms with Crippen molar-refractivity contribution in [3.05, 3.63) is 88.9 Å². The van der Waals surface area contributed by atoms with Gasteiger partial charge >= 0.3 is 0 Å². The fourth-order valence-electron chi connectivity index (χ4n) is 3.49. The molecule has 0 aromatic heterocycles. The summed E-state index contributed by atoms with van der Waals surface area (Å²) >= 11 is 5.20. The van der Waals surface area contributed by atoms with Gasteiger partial charge in [-0.3, -0.25) is 4.79 Å². The van der Waals surface area contributed by atoms with Gasteiger partial charge in [-0.15, -0.1) is 11.8 Å². The van der Waals surface area contributed by atoms with E-state index in [9.17, 15) is 4.79 Å². The molecule has 3 aromatic carbocycles. The number of benzene rings is 3. The summed E-state index contributed by atoms with van der Waals surface area (Å²) in [4.78, 5) is 16.1. The van der Waals surface area contributed by atoms with Gasteiger partial charge in [-0.05, 0) is 54.1 Å². The number of anilines is 1. The summed E-state index contributed by atoms with van der Waals surface area (Å²) in [5.74, 6) is 1.67. The standard InChI is InChI=1S/C23H20BrNO2S/c1-27-19-11-9-18(10-12-19)25-22(16-5-3-2-4-6-16)21(23(25)26)15-28-20-13-7-17(24)8-14-20/h2-14,21-22H,15H2,1H3/t21-,22-/m1/s1.